The van der Waals surface area contributed by atoms with Crippen molar-refractivity contribution < 1.29 is 10.2 Å². The third-order valence-corrected chi connectivity index (χ3v) is 6.98. The molecule has 0 fully saturated rings. The van der Waals surface area contributed by atoms with Crippen molar-refractivity contribution in [3.05, 3.63) is 106 Å². The first kappa shape index (κ1) is 22.7. The molecule has 2 nitrogen and oxygen atoms in total. The zero-order chi connectivity index (χ0) is 22.9. The smallest absolute Gasteiger partial charge is 0.115 e. The molecule has 1 aliphatic rings. The number of benzene rings is 2. The molecule has 2 aromatic rings. The Morgan fingerprint density at radius 2 is 1.65 bits per heavy atom. The van der Waals surface area contributed by atoms with Crippen LogP contribution in [-0.2, 0) is 6.42 Å². The van der Waals surface area contributed by atoms with E-state index in [-0.39, 0.29) is 11.7 Å². The average Bonchev–Trinajstić information content (AvgIpc) is 2.80. The van der Waals surface area contributed by atoms with Crippen molar-refractivity contribution in [2.24, 2.45) is 11.8 Å². The summed E-state index contributed by atoms with van der Waals surface area (Å²) >= 11 is 0. The molecule has 0 heterocycles. The number of aromatic hydroxyl groups is 1. The second-order valence-electron chi connectivity index (χ2n) is 8.92. The Morgan fingerprint density at radius 1 is 1.03 bits per heavy atom. The van der Waals surface area contributed by atoms with E-state index in [1.807, 2.05) is 25.1 Å². The van der Waals surface area contributed by atoms with Gasteiger partial charge in [-0.05, 0) is 96.0 Å². The summed E-state index contributed by atoms with van der Waals surface area (Å²) in [5.74, 6) is 1.34. The van der Waals surface area contributed by atoms with Crippen LogP contribution in [0.25, 0.3) is 5.57 Å². The van der Waals surface area contributed by atoms with Crippen LogP contribution in [0.5, 0.6) is 5.75 Å². The van der Waals surface area contributed by atoms with Gasteiger partial charge in [-0.25, -0.2) is 0 Å². The van der Waals surface area contributed by atoms with E-state index in [4.69, 9.17) is 0 Å². The minimum atomic E-state index is 0.0425. The molecule has 31 heavy (non-hydrogen) atoms. The SMILES string of the molecule is C=C(O)/C(=C/C)C(=C)/C=C1/c2cc(C)c(C)cc2CC(c2ccc(O)cc2)C(C)[C@@H]1C. The highest BCUT2D eigenvalue weighted by Gasteiger charge is 2.32. The van der Waals surface area contributed by atoms with Gasteiger partial charge in [0.05, 0.1) is 0 Å². The van der Waals surface area contributed by atoms with Crippen molar-refractivity contribution in [3.8, 4) is 5.75 Å². The van der Waals surface area contributed by atoms with Gasteiger partial charge in [0.25, 0.3) is 0 Å². The lowest BCUT2D eigenvalue weighted by atomic mass is 9.76. The third-order valence-electron chi connectivity index (χ3n) is 6.98. The number of hydrogen-bond acceptors (Lipinski definition) is 2. The highest BCUT2D eigenvalue weighted by molar-refractivity contribution is 5.76. The molecule has 0 radical (unpaired) electrons. The minimum absolute atomic E-state index is 0.0425. The van der Waals surface area contributed by atoms with E-state index in [1.165, 1.54) is 33.4 Å². The summed E-state index contributed by atoms with van der Waals surface area (Å²) in [5, 5.41) is 19.8. The number of allylic oxidation sites excluding steroid dienone is 4. The molecule has 2 heteroatoms. The van der Waals surface area contributed by atoms with Crippen molar-refractivity contribution in [1.29, 1.82) is 0 Å². The Balaban J connectivity index is 2.18. The van der Waals surface area contributed by atoms with Gasteiger partial charge in [0.2, 0.25) is 0 Å². The van der Waals surface area contributed by atoms with Gasteiger partial charge in [-0.2, -0.15) is 0 Å². The van der Waals surface area contributed by atoms with Crippen molar-refractivity contribution in [2.75, 3.05) is 0 Å². The Kier molecular flexibility index (Phi) is 6.59. The predicted molar refractivity (Wildman–Crippen MR) is 131 cm³/mol. The molecular formula is C29H34O2. The Hall–Kier alpha value is -3.00. The zero-order valence-electron chi connectivity index (χ0n) is 19.4. The average molecular weight is 415 g/mol. The van der Waals surface area contributed by atoms with Crippen molar-refractivity contribution >= 4 is 5.57 Å². The first-order valence-corrected chi connectivity index (χ1v) is 11.0. The molecule has 0 bridgehead atoms. The maximum atomic E-state index is 10.0. The molecule has 2 aromatic carbocycles. The van der Waals surface area contributed by atoms with Gasteiger partial charge in [0, 0.05) is 5.57 Å². The van der Waals surface area contributed by atoms with Crippen LogP contribution in [-0.4, -0.2) is 10.2 Å². The van der Waals surface area contributed by atoms with Crippen LogP contribution in [0, 0.1) is 25.7 Å². The Bertz CT molecular complexity index is 1070. The van der Waals surface area contributed by atoms with E-state index in [2.05, 4.69) is 59.1 Å². The number of phenolic OH excluding ortho intramolecular Hbond substituents is 1. The first-order chi connectivity index (χ1) is 14.6. The van der Waals surface area contributed by atoms with Gasteiger partial charge in [0.15, 0.2) is 0 Å². The van der Waals surface area contributed by atoms with Gasteiger partial charge in [-0.3, -0.25) is 0 Å². The second kappa shape index (κ2) is 9.01. The number of hydrogen-bond donors (Lipinski definition) is 2. The lowest BCUT2D eigenvalue weighted by Gasteiger charge is -2.28. The molecule has 0 saturated heterocycles. The summed E-state index contributed by atoms with van der Waals surface area (Å²) < 4.78 is 0. The fourth-order valence-corrected chi connectivity index (χ4v) is 4.77. The molecule has 0 aliphatic heterocycles. The first-order valence-electron chi connectivity index (χ1n) is 11.0. The lowest BCUT2D eigenvalue weighted by Crippen LogP contribution is -2.17. The van der Waals surface area contributed by atoms with Crippen molar-refractivity contribution in [2.45, 2.75) is 47.0 Å². The molecule has 0 amide bonds. The van der Waals surface area contributed by atoms with Gasteiger partial charge in [0.1, 0.15) is 11.5 Å². The summed E-state index contributed by atoms with van der Waals surface area (Å²) in [6.07, 6.45) is 4.93. The topological polar surface area (TPSA) is 40.5 Å². The fraction of sp³-hybridized carbons (Fsp3) is 0.310. The summed E-state index contributed by atoms with van der Waals surface area (Å²) in [6, 6.07) is 12.3. The van der Waals surface area contributed by atoms with Crippen LogP contribution >= 0.6 is 0 Å². The summed E-state index contributed by atoms with van der Waals surface area (Å²) in [6.45, 7) is 18.7. The maximum absolute atomic E-state index is 10.0. The van der Waals surface area contributed by atoms with E-state index < -0.39 is 0 Å². The number of aliphatic hydroxyl groups is 1. The molecule has 3 rings (SSSR count). The maximum Gasteiger partial charge on any atom is 0.115 e. The molecule has 0 aromatic heterocycles. The summed E-state index contributed by atoms with van der Waals surface area (Å²) in [4.78, 5) is 0. The number of aliphatic hydroxyl groups excluding tert-OH is 1. The van der Waals surface area contributed by atoms with Gasteiger partial charge < -0.3 is 10.2 Å². The quantitative estimate of drug-likeness (QED) is 0.307. The monoisotopic (exact) mass is 414 g/mol. The van der Waals surface area contributed by atoms with Gasteiger partial charge in [-0.15, -0.1) is 0 Å². The number of aryl methyl sites for hydroxylation is 2. The van der Waals surface area contributed by atoms with E-state index in [0.29, 0.717) is 23.2 Å². The standard InChI is InChI=1S/C29H34O2/c1-8-26(22(7)30)19(4)15-28-21(6)20(5)27(23-9-11-25(31)12-10-23)16-24-13-17(2)18(3)14-29(24)28/h8-15,20-21,27,30-31H,4,7,16H2,1-3,5-6H3/b26-8+,28-15+/t20?,21-,27?/m0/s1. The highest BCUT2D eigenvalue weighted by Crippen LogP contribution is 2.45. The van der Waals surface area contributed by atoms with Crippen LogP contribution in [0.1, 0.15) is 54.5 Å². The van der Waals surface area contributed by atoms with Crippen LogP contribution < -0.4 is 0 Å². The van der Waals surface area contributed by atoms with Crippen molar-refractivity contribution in [3.63, 3.8) is 0 Å². The number of phenols is 1. The van der Waals surface area contributed by atoms with E-state index in [9.17, 15) is 10.2 Å². The molecule has 2 unspecified atom stereocenters. The van der Waals surface area contributed by atoms with E-state index >= 15 is 0 Å². The molecule has 0 spiro atoms. The zero-order valence-corrected chi connectivity index (χ0v) is 19.4. The predicted octanol–water partition coefficient (Wildman–Crippen LogP) is 7.58. The largest absolute Gasteiger partial charge is 0.508 e. The molecule has 162 valence electrons. The van der Waals surface area contributed by atoms with Crippen LogP contribution in [0.3, 0.4) is 0 Å². The fourth-order valence-electron chi connectivity index (χ4n) is 4.77. The van der Waals surface area contributed by atoms with Crippen molar-refractivity contribution in [1.82, 2.24) is 0 Å². The van der Waals surface area contributed by atoms with E-state index in [0.717, 1.165) is 12.0 Å². The molecule has 3 atom stereocenters. The van der Waals surface area contributed by atoms with Gasteiger partial charge in [-0.1, -0.05) is 63.4 Å². The normalized spacial score (nSPS) is 22.7. The molecule has 2 N–H and O–H groups in total. The highest BCUT2D eigenvalue weighted by atomic mass is 16.3. The molecular weight excluding hydrogens is 380 g/mol. The number of fused-ring (bicyclic) bond motifs is 1. The molecule has 0 saturated carbocycles. The number of rotatable bonds is 4. The Labute approximate surface area is 187 Å². The second-order valence-corrected chi connectivity index (χ2v) is 8.92. The van der Waals surface area contributed by atoms with Crippen LogP contribution in [0.2, 0.25) is 0 Å². The minimum Gasteiger partial charge on any atom is -0.508 e. The lowest BCUT2D eigenvalue weighted by molar-refractivity contribution is 0.388. The third kappa shape index (κ3) is 4.54. The Morgan fingerprint density at radius 3 is 2.23 bits per heavy atom. The van der Waals surface area contributed by atoms with E-state index in [1.54, 1.807) is 12.1 Å². The van der Waals surface area contributed by atoms with Crippen LogP contribution in [0.4, 0.5) is 0 Å². The van der Waals surface area contributed by atoms with Crippen LogP contribution in [0.15, 0.2) is 78.6 Å². The summed E-state index contributed by atoms with van der Waals surface area (Å²) in [7, 11) is 0. The van der Waals surface area contributed by atoms with Gasteiger partial charge >= 0.3 is 0 Å². The summed E-state index contributed by atoms with van der Waals surface area (Å²) in [5.41, 5.74) is 9.12. The molecule has 1 aliphatic carbocycles.